The smallest absolute Gasteiger partial charge is 0.0984 e. The van der Waals surface area contributed by atoms with E-state index in [0.717, 1.165) is 5.39 Å². The summed E-state index contributed by atoms with van der Waals surface area (Å²) in [6.07, 6.45) is 5.40. The van der Waals surface area contributed by atoms with Crippen LogP contribution < -0.4 is 0 Å². The highest BCUT2D eigenvalue weighted by atomic mass is 16.3. The van der Waals surface area contributed by atoms with Gasteiger partial charge in [0.25, 0.3) is 0 Å². The van der Waals surface area contributed by atoms with Crippen LogP contribution in [0, 0.1) is 6.92 Å². The van der Waals surface area contributed by atoms with Gasteiger partial charge in [0.15, 0.2) is 0 Å². The molecule has 12 heavy (non-hydrogen) atoms. The second kappa shape index (κ2) is 2.52. The van der Waals surface area contributed by atoms with Crippen molar-refractivity contribution in [3.63, 3.8) is 0 Å². The van der Waals surface area contributed by atoms with E-state index in [1.54, 1.807) is 12.5 Å². The summed E-state index contributed by atoms with van der Waals surface area (Å²) >= 11 is 0. The van der Waals surface area contributed by atoms with Crippen molar-refractivity contribution in [2.75, 3.05) is 0 Å². The molecule has 1 aromatic carbocycles. The molecule has 0 atom stereocenters. The molecule has 0 radical (unpaired) electrons. The molecule has 1 nitrogen and oxygen atoms in total. The summed E-state index contributed by atoms with van der Waals surface area (Å²) in [4.78, 5) is 0. The zero-order valence-corrected chi connectivity index (χ0v) is 7.00. The zero-order chi connectivity index (χ0) is 8.55. The summed E-state index contributed by atoms with van der Waals surface area (Å²) in [7, 11) is 0. The Labute approximate surface area is 71.3 Å². The number of benzene rings is 1. The lowest BCUT2D eigenvalue weighted by Gasteiger charge is -1.99. The first-order chi connectivity index (χ1) is 5.83. The van der Waals surface area contributed by atoms with Gasteiger partial charge in [0, 0.05) is 10.8 Å². The molecule has 0 amide bonds. The summed E-state index contributed by atoms with van der Waals surface area (Å²) < 4.78 is 5.11. The van der Waals surface area contributed by atoms with Crippen molar-refractivity contribution in [1.29, 1.82) is 0 Å². The molecular formula is C11H10O. The molecule has 1 heteroatoms. The highest BCUT2D eigenvalue weighted by molar-refractivity contribution is 5.87. The van der Waals surface area contributed by atoms with Crippen molar-refractivity contribution in [2.24, 2.45) is 0 Å². The highest BCUT2D eigenvalue weighted by Crippen LogP contribution is 2.22. The first kappa shape index (κ1) is 7.17. The van der Waals surface area contributed by atoms with Gasteiger partial charge < -0.3 is 4.42 Å². The number of fused-ring (bicyclic) bond motifs is 1. The Morgan fingerprint density at radius 2 is 2.17 bits per heavy atom. The fourth-order valence-electron chi connectivity index (χ4n) is 1.42. The third-order valence-electron chi connectivity index (χ3n) is 2.19. The molecule has 2 aromatic rings. The van der Waals surface area contributed by atoms with Gasteiger partial charge in [0.2, 0.25) is 0 Å². The molecule has 0 fully saturated rings. The highest BCUT2D eigenvalue weighted by Gasteiger charge is 2.01. The minimum absolute atomic E-state index is 1.15. The summed E-state index contributed by atoms with van der Waals surface area (Å²) in [5, 5.41) is 2.32. The van der Waals surface area contributed by atoms with Crippen molar-refractivity contribution in [1.82, 2.24) is 0 Å². The summed E-state index contributed by atoms with van der Waals surface area (Å²) in [6.45, 7) is 5.83. The topological polar surface area (TPSA) is 13.1 Å². The monoisotopic (exact) mass is 158 g/mol. The van der Waals surface area contributed by atoms with Crippen LogP contribution in [0.2, 0.25) is 0 Å². The standard InChI is InChI=1S/C11H10O/c1-3-9-4-5-10-6-12-7-11(10)8(9)2/h3-7H,1H2,2H3. The third-order valence-corrected chi connectivity index (χ3v) is 2.19. The van der Waals surface area contributed by atoms with Gasteiger partial charge in [-0.25, -0.2) is 0 Å². The maximum atomic E-state index is 5.11. The molecule has 0 saturated heterocycles. The van der Waals surface area contributed by atoms with E-state index in [2.05, 4.69) is 19.6 Å². The Morgan fingerprint density at radius 1 is 1.33 bits per heavy atom. The average molecular weight is 158 g/mol. The van der Waals surface area contributed by atoms with Crippen molar-refractivity contribution in [3.05, 3.63) is 42.4 Å². The lowest BCUT2D eigenvalue weighted by atomic mass is 10.0. The van der Waals surface area contributed by atoms with Crippen LogP contribution in [0.1, 0.15) is 11.1 Å². The fraction of sp³-hybridized carbons (Fsp3) is 0.0909. The largest absolute Gasteiger partial charge is 0.471 e. The quantitative estimate of drug-likeness (QED) is 0.620. The van der Waals surface area contributed by atoms with E-state index in [-0.39, 0.29) is 0 Å². The van der Waals surface area contributed by atoms with Crippen molar-refractivity contribution >= 4 is 16.8 Å². The number of hydrogen-bond donors (Lipinski definition) is 0. The Bertz CT molecular complexity index is 423. The van der Waals surface area contributed by atoms with Crippen LogP contribution in [-0.4, -0.2) is 0 Å². The van der Waals surface area contributed by atoms with Crippen LogP contribution in [0.25, 0.3) is 16.8 Å². The summed E-state index contributed by atoms with van der Waals surface area (Å²) in [6, 6.07) is 4.10. The van der Waals surface area contributed by atoms with Crippen LogP contribution in [-0.2, 0) is 0 Å². The molecule has 1 heterocycles. The average Bonchev–Trinajstić information content (AvgIpc) is 2.53. The van der Waals surface area contributed by atoms with Crippen LogP contribution in [0.5, 0.6) is 0 Å². The maximum absolute atomic E-state index is 5.11. The normalized spacial score (nSPS) is 10.4. The van der Waals surface area contributed by atoms with Gasteiger partial charge in [-0.1, -0.05) is 24.8 Å². The molecule has 0 aliphatic rings. The SMILES string of the molecule is C=Cc1ccc2cocc2c1C. The number of rotatable bonds is 1. The molecule has 0 bridgehead atoms. The van der Waals surface area contributed by atoms with E-state index < -0.39 is 0 Å². The Balaban J connectivity index is 2.86. The van der Waals surface area contributed by atoms with E-state index >= 15 is 0 Å². The lowest BCUT2D eigenvalue weighted by Crippen LogP contribution is -1.79. The molecular weight excluding hydrogens is 148 g/mol. The number of furan rings is 1. The minimum Gasteiger partial charge on any atom is -0.471 e. The van der Waals surface area contributed by atoms with Gasteiger partial charge in [-0.05, 0) is 18.1 Å². The molecule has 0 spiro atoms. The second-order valence-corrected chi connectivity index (χ2v) is 2.86. The Hall–Kier alpha value is -1.50. The predicted octanol–water partition coefficient (Wildman–Crippen LogP) is 3.38. The van der Waals surface area contributed by atoms with Crippen LogP contribution in [0.15, 0.2) is 35.7 Å². The lowest BCUT2D eigenvalue weighted by molar-refractivity contribution is 0.572. The van der Waals surface area contributed by atoms with E-state index in [1.165, 1.54) is 16.5 Å². The van der Waals surface area contributed by atoms with E-state index in [0.29, 0.717) is 0 Å². The minimum atomic E-state index is 1.15. The molecule has 0 aliphatic carbocycles. The van der Waals surface area contributed by atoms with Crippen LogP contribution in [0.3, 0.4) is 0 Å². The van der Waals surface area contributed by atoms with Crippen molar-refractivity contribution < 1.29 is 4.42 Å². The molecule has 0 saturated carbocycles. The molecule has 0 unspecified atom stereocenters. The van der Waals surface area contributed by atoms with E-state index in [9.17, 15) is 0 Å². The molecule has 0 N–H and O–H groups in total. The van der Waals surface area contributed by atoms with E-state index in [1.807, 2.05) is 12.1 Å². The number of hydrogen-bond acceptors (Lipinski definition) is 1. The van der Waals surface area contributed by atoms with Crippen molar-refractivity contribution in [3.8, 4) is 0 Å². The Morgan fingerprint density at radius 3 is 2.92 bits per heavy atom. The first-order valence-electron chi connectivity index (χ1n) is 3.91. The van der Waals surface area contributed by atoms with Crippen molar-refractivity contribution in [2.45, 2.75) is 6.92 Å². The predicted molar refractivity (Wildman–Crippen MR) is 51.0 cm³/mol. The fourth-order valence-corrected chi connectivity index (χ4v) is 1.42. The molecule has 2 rings (SSSR count). The summed E-state index contributed by atoms with van der Waals surface area (Å²) in [5.41, 5.74) is 2.40. The van der Waals surface area contributed by atoms with Crippen LogP contribution >= 0.6 is 0 Å². The van der Waals surface area contributed by atoms with Crippen LogP contribution in [0.4, 0.5) is 0 Å². The molecule has 1 aromatic heterocycles. The number of aryl methyl sites for hydroxylation is 1. The van der Waals surface area contributed by atoms with Gasteiger partial charge in [0.05, 0.1) is 12.5 Å². The first-order valence-corrected chi connectivity index (χ1v) is 3.91. The maximum Gasteiger partial charge on any atom is 0.0984 e. The van der Waals surface area contributed by atoms with Gasteiger partial charge >= 0.3 is 0 Å². The van der Waals surface area contributed by atoms with Gasteiger partial charge in [0.1, 0.15) is 0 Å². The van der Waals surface area contributed by atoms with Gasteiger partial charge in [-0.3, -0.25) is 0 Å². The third kappa shape index (κ3) is 0.866. The molecule has 0 aliphatic heterocycles. The van der Waals surface area contributed by atoms with E-state index in [4.69, 9.17) is 4.42 Å². The zero-order valence-electron chi connectivity index (χ0n) is 7.00. The summed E-state index contributed by atoms with van der Waals surface area (Å²) in [5.74, 6) is 0. The van der Waals surface area contributed by atoms with Gasteiger partial charge in [-0.15, -0.1) is 0 Å². The second-order valence-electron chi connectivity index (χ2n) is 2.86. The van der Waals surface area contributed by atoms with Gasteiger partial charge in [-0.2, -0.15) is 0 Å². The molecule has 60 valence electrons. The Kier molecular flexibility index (Phi) is 1.51.